The van der Waals surface area contributed by atoms with Crippen LogP contribution in [0.5, 0.6) is 0 Å². The molecule has 14 heavy (non-hydrogen) atoms. The summed E-state index contributed by atoms with van der Waals surface area (Å²) in [6.07, 6.45) is 7.65. The number of benzene rings is 1. The molecule has 1 nitrogen and oxygen atoms in total. The third kappa shape index (κ3) is 4.61. The Morgan fingerprint density at radius 1 is 1.07 bits per heavy atom. The molecule has 0 heterocycles. The van der Waals surface area contributed by atoms with Crippen molar-refractivity contribution < 1.29 is 0 Å². The van der Waals surface area contributed by atoms with Crippen LogP contribution < -0.4 is 0 Å². The lowest BCUT2D eigenvalue weighted by molar-refractivity contribution is 0.969. The SMILES string of the molecule is C=NCC/C=C\CCc1ccccc1. The van der Waals surface area contributed by atoms with Crippen LogP contribution in [0.25, 0.3) is 0 Å². The molecule has 0 aliphatic carbocycles. The molecule has 0 saturated carbocycles. The molecule has 1 aromatic carbocycles. The van der Waals surface area contributed by atoms with Crippen LogP contribution in [0.4, 0.5) is 0 Å². The zero-order valence-electron chi connectivity index (χ0n) is 8.52. The molecule has 0 N–H and O–H groups in total. The zero-order chi connectivity index (χ0) is 10.1. The van der Waals surface area contributed by atoms with Gasteiger partial charge in [-0.3, -0.25) is 0 Å². The zero-order valence-corrected chi connectivity index (χ0v) is 8.52. The van der Waals surface area contributed by atoms with Crippen molar-refractivity contribution in [3.8, 4) is 0 Å². The Morgan fingerprint density at radius 2 is 1.79 bits per heavy atom. The highest BCUT2D eigenvalue weighted by molar-refractivity contribution is 5.23. The normalized spacial score (nSPS) is 10.6. The van der Waals surface area contributed by atoms with Crippen molar-refractivity contribution in [1.82, 2.24) is 0 Å². The summed E-state index contributed by atoms with van der Waals surface area (Å²) >= 11 is 0. The van der Waals surface area contributed by atoms with E-state index < -0.39 is 0 Å². The summed E-state index contributed by atoms with van der Waals surface area (Å²) in [6, 6.07) is 10.6. The summed E-state index contributed by atoms with van der Waals surface area (Å²) in [7, 11) is 0. The van der Waals surface area contributed by atoms with Crippen LogP contribution in [0.15, 0.2) is 47.5 Å². The molecule has 0 radical (unpaired) electrons. The predicted molar refractivity (Wildman–Crippen MR) is 62.9 cm³/mol. The standard InChI is InChI=1S/C13H17N/c1-14-12-8-3-2-5-9-13-10-6-4-7-11-13/h2-4,6-7,10-11H,1,5,8-9,12H2/b3-2-. The van der Waals surface area contributed by atoms with Gasteiger partial charge in [-0.05, 0) is 31.5 Å². The first-order valence-corrected chi connectivity index (χ1v) is 5.05. The van der Waals surface area contributed by atoms with Crippen LogP contribution in [-0.2, 0) is 6.42 Å². The second-order valence-corrected chi connectivity index (χ2v) is 3.23. The molecule has 0 amide bonds. The second kappa shape index (κ2) is 7.07. The van der Waals surface area contributed by atoms with Crippen LogP contribution >= 0.6 is 0 Å². The van der Waals surface area contributed by atoms with Gasteiger partial charge in [-0.15, -0.1) is 0 Å². The van der Waals surface area contributed by atoms with E-state index in [1.165, 1.54) is 5.56 Å². The number of aryl methyl sites for hydroxylation is 1. The summed E-state index contributed by atoms with van der Waals surface area (Å²) in [4.78, 5) is 3.79. The molecule has 1 aromatic rings. The van der Waals surface area contributed by atoms with Crippen molar-refractivity contribution in [1.29, 1.82) is 0 Å². The molecule has 0 fully saturated rings. The first kappa shape index (κ1) is 10.7. The van der Waals surface area contributed by atoms with Gasteiger partial charge in [0.25, 0.3) is 0 Å². The quantitative estimate of drug-likeness (QED) is 0.368. The molecule has 74 valence electrons. The summed E-state index contributed by atoms with van der Waals surface area (Å²) in [6.45, 7) is 4.28. The van der Waals surface area contributed by atoms with Gasteiger partial charge in [-0.1, -0.05) is 42.5 Å². The van der Waals surface area contributed by atoms with Gasteiger partial charge in [0, 0.05) is 6.54 Å². The van der Waals surface area contributed by atoms with Gasteiger partial charge in [0.15, 0.2) is 0 Å². The van der Waals surface area contributed by atoms with E-state index in [-0.39, 0.29) is 0 Å². The maximum absolute atomic E-state index is 3.79. The third-order valence-electron chi connectivity index (χ3n) is 2.06. The van der Waals surface area contributed by atoms with Crippen LogP contribution in [0, 0.1) is 0 Å². The highest BCUT2D eigenvalue weighted by atomic mass is 14.7. The average molecular weight is 187 g/mol. The van der Waals surface area contributed by atoms with E-state index in [0.29, 0.717) is 0 Å². The molecule has 0 aliphatic heterocycles. The number of hydrogen-bond acceptors (Lipinski definition) is 1. The van der Waals surface area contributed by atoms with Crippen molar-refractivity contribution in [3.63, 3.8) is 0 Å². The fourth-order valence-electron chi connectivity index (χ4n) is 1.30. The maximum atomic E-state index is 3.79. The summed E-state index contributed by atoms with van der Waals surface area (Å²) in [5.41, 5.74) is 1.40. The summed E-state index contributed by atoms with van der Waals surface area (Å²) in [5.74, 6) is 0. The Morgan fingerprint density at radius 3 is 2.50 bits per heavy atom. The van der Waals surface area contributed by atoms with Crippen molar-refractivity contribution in [2.75, 3.05) is 6.54 Å². The molecule has 0 unspecified atom stereocenters. The van der Waals surface area contributed by atoms with Gasteiger partial charge in [0.1, 0.15) is 0 Å². The van der Waals surface area contributed by atoms with Crippen LogP contribution in [0.2, 0.25) is 0 Å². The molecular weight excluding hydrogens is 170 g/mol. The number of hydrogen-bond donors (Lipinski definition) is 0. The van der Waals surface area contributed by atoms with E-state index >= 15 is 0 Å². The minimum Gasteiger partial charge on any atom is -0.301 e. The Balaban J connectivity index is 2.15. The Labute approximate surface area is 86.2 Å². The summed E-state index contributed by atoms with van der Waals surface area (Å²) < 4.78 is 0. The van der Waals surface area contributed by atoms with E-state index in [1.807, 2.05) is 0 Å². The molecule has 0 spiro atoms. The topological polar surface area (TPSA) is 12.4 Å². The second-order valence-electron chi connectivity index (χ2n) is 3.23. The van der Waals surface area contributed by atoms with Gasteiger partial charge in [0.2, 0.25) is 0 Å². The van der Waals surface area contributed by atoms with Crippen LogP contribution in [0.3, 0.4) is 0 Å². The third-order valence-corrected chi connectivity index (χ3v) is 2.06. The molecule has 1 heteroatoms. The maximum Gasteiger partial charge on any atom is 0.0416 e. The van der Waals surface area contributed by atoms with Gasteiger partial charge < -0.3 is 4.99 Å². The first-order valence-electron chi connectivity index (χ1n) is 5.05. The van der Waals surface area contributed by atoms with Crippen molar-refractivity contribution >= 4 is 6.72 Å². The molecule has 0 saturated heterocycles. The monoisotopic (exact) mass is 187 g/mol. The predicted octanol–water partition coefficient (Wildman–Crippen LogP) is 3.27. The smallest absolute Gasteiger partial charge is 0.0416 e. The molecule has 0 atom stereocenters. The number of aliphatic imine (C=N–C) groups is 1. The van der Waals surface area contributed by atoms with Gasteiger partial charge >= 0.3 is 0 Å². The molecular formula is C13H17N. The van der Waals surface area contributed by atoms with Crippen molar-refractivity contribution in [3.05, 3.63) is 48.0 Å². The first-order chi connectivity index (χ1) is 6.93. The van der Waals surface area contributed by atoms with Crippen LogP contribution in [0.1, 0.15) is 18.4 Å². The minimum absolute atomic E-state index is 0.835. The number of allylic oxidation sites excluding steroid dienone is 1. The largest absolute Gasteiger partial charge is 0.301 e. The van der Waals surface area contributed by atoms with E-state index in [1.54, 1.807) is 0 Å². The lowest BCUT2D eigenvalue weighted by atomic mass is 10.1. The lowest BCUT2D eigenvalue weighted by Crippen LogP contribution is -1.81. The van der Waals surface area contributed by atoms with E-state index in [4.69, 9.17) is 0 Å². The fourth-order valence-corrected chi connectivity index (χ4v) is 1.30. The molecule has 0 aromatic heterocycles. The van der Waals surface area contributed by atoms with Crippen LogP contribution in [-0.4, -0.2) is 13.3 Å². The minimum atomic E-state index is 0.835. The highest BCUT2D eigenvalue weighted by Gasteiger charge is 1.87. The van der Waals surface area contributed by atoms with Crippen molar-refractivity contribution in [2.24, 2.45) is 4.99 Å². The molecule has 0 bridgehead atoms. The van der Waals surface area contributed by atoms with E-state index in [9.17, 15) is 0 Å². The van der Waals surface area contributed by atoms with E-state index in [2.05, 4.69) is 54.2 Å². The Kier molecular flexibility index (Phi) is 5.41. The number of rotatable bonds is 6. The van der Waals surface area contributed by atoms with Gasteiger partial charge in [-0.2, -0.15) is 0 Å². The average Bonchev–Trinajstić information content (AvgIpc) is 2.25. The Bertz CT molecular complexity index is 275. The van der Waals surface area contributed by atoms with E-state index in [0.717, 1.165) is 25.8 Å². The number of nitrogens with zero attached hydrogens (tertiary/aromatic N) is 1. The Hall–Kier alpha value is -1.37. The van der Waals surface area contributed by atoms with Gasteiger partial charge in [-0.25, -0.2) is 0 Å². The van der Waals surface area contributed by atoms with Gasteiger partial charge in [0.05, 0.1) is 0 Å². The highest BCUT2D eigenvalue weighted by Crippen LogP contribution is 2.02. The lowest BCUT2D eigenvalue weighted by Gasteiger charge is -1.96. The fraction of sp³-hybridized carbons (Fsp3) is 0.308. The molecule has 1 rings (SSSR count). The van der Waals surface area contributed by atoms with Crippen molar-refractivity contribution in [2.45, 2.75) is 19.3 Å². The molecule has 0 aliphatic rings. The summed E-state index contributed by atoms with van der Waals surface area (Å²) in [5, 5.41) is 0.